The van der Waals surface area contributed by atoms with Crippen LogP contribution < -0.4 is 5.32 Å². The first-order valence-corrected chi connectivity index (χ1v) is 7.78. The minimum Gasteiger partial charge on any atom is -0.462 e. The third-order valence-corrected chi connectivity index (χ3v) is 3.73. The number of esters is 1. The maximum Gasteiger partial charge on any atom is 0.306 e. The number of hydrogen-bond acceptors (Lipinski definition) is 3. The SMILES string of the molecule is O=C(CCCNC(=O)c1ccccc1)OC1CCCCC1. The first-order valence-electron chi connectivity index (χ1n) is 7.78. The minimum atomic E-state index is -0.143. The van der Waals surface area contributed by atoms with E-state index in [2.05, 4.69) is 5.32 Å². The summed E-state index contributed by atoms with van der Waals surface area (Å²) in [5.74, 6) is -0.243. The topological polar surface area (TPSA) is 55.4 Å². The lowest BCUT2D eigenvalue weighted by atomic mass is 9.98. The van der Waals surface area contributed by atoms with Gasteiger partial charge in [-0.05, 0) is 44.2 Å². The molecule has 0 aliphatic heterocycles. The van der Waals surface area contributed by atoms with Gasteiger partial charge in [0.25, 0.3) is 5.91 Å². The summed E-state index contributed by atoms with van der Waals surface area (Å²) in [4.78, 5) is 23.5. The van der Waals surface area contributed by atoms with Crippen molar-refractivity contribution in [1.82, 2.24) is 5.32 Å². The molecule has 0 heterocycles. The van der Waals surface area contributed by atoms with Crippen LogP contribution in [0.15, 0.2) is 30.3 Å². The van der Waals surface area contributed by atoms with Crippen LogP contribution in [0.4, 0.5) is 0 Å². The van der Waals surface area contributed by atoms with Gasteiger partial charge in [-0.2, -0.15) is 0 Å². The highest BCUT2D eigenvalue weighted by molar-refractivity contribution is 5.94. The molecule has 0 unspecified atom stereocenters. The van der Waals surface area contributed by atoms with Crippen molar-refractivity contribution in [3.63, 3.8) is 0 Å². The number of nitrogens with one attached hydrogen (secondary N) is 1. The monoisotopic (exact) mass is 289 g/mol. The third kappa shape index (κ3) is 5.58. The van der Waals surface area contributed by atoms with Gasteiger partial charge in [0.1, 0.15) is 6.10 Å². The summed E-state index contributed by atoms with van der Waals surface area (Å²) in [5.41, 5.74) is 0.641. The largest absolute Gasteiger partial charge is 0.462 e. The maximum atomic E-state index is 11.8. The van der Waals surface area contributed by atoms with E-state index in [0.717, 1.165) is 25.7 Å². The normalized spacial score (nSPS) is 15.4. The van der Waals surface area contributed by atoms with E-state index >= 15 is 0 Å². The van der Waals surface area contributed by atoms with Gasteiger partial charge in [0, 0.05) is 18.5 Å². The Kier molecular flexibility index (Phi) is 6.25. The Hall–Kier alpha value is -1.84. The quantitative estimate of drug-likeness (QED) is 0.647. The second-order valence-electron chi connectivity index (χ2n) is 5.48. The van der Waals surface area contributed by atoms with Crippen LogP contribution in [-0.2, 0) is 9.53 Å². The Morgan fingerprint density at radius 1 is 1.10 bits per heavy atom. The predicted octanol–water partition coefficient (Wildman–Crippen LogP) is 3.07. The molecule has 1 aromatic carbocycles. The van der Waals surface area contributed by atoms with Gasteiger partial charge in [-0.25, -0.2) is 0 Å². The van der Waals surface area contributed by atoms with E-state index in [1.54, 1.807) is 12.1 Å². The third-order valence-electron chi connectivity index (χ3n) is 3.73. The summed E-state index contributed by atoms with van der Waals surface area (Å²) in [7, 11) is 0. The van der Waals surface area contributed by atoms with Gasteiger partial charge in [-0.15, -0.1) is 0 Å². The van der Waals surface area contributed by atoms with Gasteiger partial charge in [0.05, 0.1) is 0 Å². The number of hydrogen-bond donors (Lipinski definition) is 1. The molecule has 0 bridgehead atoms. The summed E-state index contributed by atoms with van der Waals surface area (Å²) in [6, 6.07) is 9.07. The molecule has 21 heavy (non-hydrogen) atoms. The van der Waals surface area contributed by atoms with E-state index in [0.29, 0.717) is 24.9 Å². The fraction of sp³-hybridized carbons (Fsp3) is 0.529. The molecule has 1 amide bonds. The number of ether oxygens (including phenoxy) is 1. The van der Waals surface area contributed by atoms with Crippen molar-refractivity contribution in [2.24, 2.45) is 0 Å². The fourth-order valence-corrected chi connectivity index (χ4v) is 2.55. The van der Waals surface area contributed by atoms with Crippen molar-refractivity contribution >= 4 is 11.9 Å². The van der Waals surface area contributed by atoms with E-state index in [-0.39, 0.29) is 18.0 Å². The van der Waals surface area contributed by atoms with Gasteiger partial charge in [0.15, 0.2) is 0 Å². The summed E-state index contributed by atoms with van der Waals surface area (Å²) >= 11 is 0. The summed E-state index contributed by atoms with van der Waals surface area (Å²) in [5, 5.41) is 2.81. The molecular weight excluding hydrogens is 266 g/mol. The van der Waals surface area contributed by atoms with E-state index in [4.69, 9.17) is 4.74 Å². The Morgan fingerprint density at radius 2 is 1.81 bits per heavy atom. The number of amides is 1. The van der Waals surface area contributed by atoms with Crippen molar-refractivity contribution in [2.45, 2.75) is 51.0 Å². The highest BCUT2D eigenvalue weighted by Crippen LogP contribution is 2.20. The van der Waals surface area contributed by atoms with Crippen LogP contribution in [0.3, 0.4) is 0 Å². The Bertz CT molecular complexity index is 452. The smallest absolute Gasteiger partial charge is 0.306 e. The number of carbonyl (C=O) groups excluding carboxylic acids is 2. The van der Waals surface area contributed by atoms with Crippen LogP contribution >= 0.6 is 0 Å². The molecule has 0 aromatic heterocycles. The van der Waals surface area contributed by atoms with E-state index in [1.807, 2.05) is 18.2 Å². The molecule has 2 rings (SSSR count). The lowest BCUT2D eigenvalue weighted by Crippen LogP contribution is -2.25. The standard InChI is InChI=1S/C17H23NO3/c19-16(21-15-10-5-2-6-11-15)12-7-13-18-17(20)14-8-3-1-4-9-14/h1,3-4,8-9,15H,2,5-7,10-13H2,(H,18,20). The van der Waals surface area contributed by atoms with Gasteiger partial charge < -0.3 is 10.1 Å². The highest BCUT2D eigenvalue weighted by atomic mass is 16.5. The van der Waals surface area contributed by atoms with Crippen LogP contribution in [0.2, 0.25) is 0 Å². The zero-order valence-electron chi connectivity index (χ0n) is 12.3. The molecule has 1 aliphatic rings. The van der Waals surface area contributed by atoms with Gasteiger partial charge in [-0.1, -0.05) is 24.6 Å². The molecule has 1 aromatic rings. The van der Waals surface area contributed by atoms with Crippen LogP contribution in [0.1, 0.15) is 55.3 Å². The van der Waals surface area contributed by atoms with Gasteiger partial charge in [0.2, 0.25) is 0 Å². The van der Waals surface area contributed by atoms with Crippen molar-refractivity contribution in [3.8, 4) is 0 Å². The zero-order valence-corrected chi connectivity index (χ0v) is 12.3. The Morgan fingerprint density at radius 3 is 2.52 bits per heavy atom. The Labute approximate surface area is 125 Å². The summed E-state index contributed by atoms with van der Waals surface area (Å²) < 4.78 is 5.43. The molecule has 0 saturated heterocycles. The number of carbonyl (C=O) groups is 2. The molecule has 4 nitrogen and oxygen atoms in total. The fourth-order valence-electron chi connectivity index (χ4n) is 2.55. The molecule has 4 heteroatoms. The highest BCUT2D eigenvalue weighted by Gasteiger charge is 2.17. The van der Waals surface area contributed by atoms with Gasteiger partial charge in [-0.3, -0.25) is 9.59 Å². The first kappa shape index (κ1) is 15.5. The molecule has 1 N–H and O–H groups in total. The van der Waals surface area contributed by atoms with Crippen molar-refractivity contribution in [2.75, 3.05) is 6.54 Å². The van der Waals surface area contributed by atoms with Crippen LogP contribution in [-0.4, -0.2) is 24.5 Å². The van der Waals surface area contributed by atoms with Crippen molar-refractivity contribution in [3.05, 3.63) is 35.9 Å². The predicted molar refractivity (Wildman–Crippen MR) is 81.0 cm³/mol. The molecule has 114 valence electrons. The molecule has 0 radical (unpaired) electrons. The lowest BCUT2D eigenvalue weighted by molar-refractivity contribution is -0.150. The number of rotatable bonds is 6. The first-order chi connectivity index (χ1) is 10.3. The van der Waals surface area contributed by atoms with Crippen LogP contribution in [0.5, 0.6) is 0 Å². The van der Waals surface area contributed by atoms with Crippen LogP contribution in [0, 0.1) is 0 Å². The van der Waals surface area contributed by atoms with Crippen LogP contribution in [0.25, 0.3) is 0 Å². The van der Waals surface area contributed by atoms with Gasteiger partial charge >= 0.3 is 5.97 Å². The van der Waals surface area contributed by atoms with E-state index < -0.39 is 0 Å². The number of benzene rings is 1. The molecular formula is C17H23NO3. The second kappa shape index (κ2) is 8.45. The molecule has 1 aliphatic carbocycles. The molecule has 1 fully saturated rings. The molecule has 0 atom stereocenters. The Balaban J connectivity index is 1.58. The minimum absolute atomic E-state index is 0.101. The maximum absolute atomic E-state index is 11.8. The average molecular weight is 289 g/mol. The average Bonchev–Trinajstić information content (AvgIpc) is 2.53. The lowest BCUT2D eigenvalue weighted by Gasteiger charge is -2.21. The van der Waals surface area contributed by atoms with E-state index in [1.165, 1.54) is 6.42 Å². The zero-order chi connectivity index (χ0) is 14.9. The second-order valence-corrected chi connectivity index (χ2v) is 5.48. The molecule has 1 saturated carbocycles. The summed E-state index contributed by atoms with van der Waals surface area (Å²) in [6.07, 6.45) is 6.66. The van der Waals surface area contributed by atoms with E-state index in [9.17, 15) is 9.59 Å². The van der Waals surface area contributed by atoms with Crippen molar-refractivity contribution in [1.29, 1.82) is 0 Å². The summed E-state index contributed by atoms with van der Waals surface area (Å²) in [6.45, 7) is 0.494. The van der Waals surface area contributed by atoms with Crippen molar-refractivity contribution < 1.29 is 14.3 Å². The molecule has 0 spiro atoms.